The van der Waals surface area contributed by atoms with Gasteiger partial charge in [0.25, 0.3) is 0 Å². The van der Waals surface area contributed by atoms with Crippen LogP contribution in [0.2, 0.25) is 0 Å². The fraction of sp³-hybridized carbons (Fsp3) is 0.789. The van der Waals surface area contributed by atoms with Crippen LogP contribution in [0.4, 0.5) is 0 Å². The molecule has 0 radical (unpaired) electrons. The predicted octanol–water partition coefficient (Wildman–Crippen LogP) is 5.38. The normalized spacial score (nSPS) is 11.0. The molecule has 22 heavy (non-hydrogen) atoms. The molecule has 0 saturated carbocycles. The monoisotopic (exact) mass is 310 g/mol. The average Bonchev–Trinajstić information content (AvgIpc) is 2.52. The molecule has 0 amide bonds. The quantitative estimate of drug-likeness (QED) is 0.232. The van der Waals surface area contributed by atoms with E-state index in [0.29, 0.717) is 12.8 Å². The molecule has 0 aromatic rings. The molecule has 0 spiro atoms. The van der Waals surface area contributed by atoms with Crippen LogP contribution in [0.5, 0.6) is 0 Å². The Morgan fingerprint density at radius 3 is 2.09 bits per heavy atom. The molecule has 0 aliphatic carbocycles. The lowest BCUT2D eigenvalue weighted by atomic mass is 10.1. The Morgan fingerprint density at radius 1 is 0.818 bits per heavy atom. The number of hydrogen-bond donors (Lipinski definition) is 0. The van der Waals surface area contributed by atoms with Crippen molar-refractivity contribution in [3.63, 3.8) is 0 Å². The highest BCUT2D eigenvalue weighted by molar-refractivity contribution is 5.89. The number of methoxy groups -OCH3 is 1. The molecule has 128 valence electrons. The summed E-state index contributed by atoms with van der Waals surface area (Å²) < 4.78 is 4.59. The van der Waals surface area contributed by atoms with Gasteiger partial charge in [0.2, 0.25) is 0 Å². The fourth-order valence-corrected chi connectivity index (χ4v) is 2.36. The average molecular weight is 310 g/mol. The number of unbranched alkanes of at least 4 members (excludes halogenated alkanes) is 9. The standard InChI is InChI=1S/C19H34O3/c1-3-4-5-6-7-9-12-15-18(20)16-13-10-8-11-14-17-19(21)22-2/h12,15H,3-11,13-14,16-17H2,1-2H3. The van der Waals surface area contributed by atoms with Crippen LogP contribution in [0.3, 0.4) is 0 Å². The van der Waals surface area contributed by atoms with Gasteiger partial charge in [0.05, 0.1) is 7.11 Å². The van der Waals surface area contributed by atoms with Crippen molar-refractivity contribution in [3.05, 3.63) is 12.2 Å². The second-order valence-corrected chi connectivity index (χ2v) is 5.92. The molecule has 0 aromatic carbocycles. The summed E-state index contributed by atoms with van der Waals surface area (Å²) in [4.78, 5) is 22.6. The van der Waals surface area contributed by atoms with Crippen molar-refractivity contribution < 1.29 is 14.3 Å². The van der Waals surface area contributed by atoms with E-state index < -0.39 is 0 Å². The number of rotatable bonds is 15. The second kappa shape index (κ2) is 16.3. The van der Waals surface area contributed by atoms with Gasteiger partial charge in [-0.05, 0) is 31.8 Å². The Labute approximate surface area is 136 Å². The van der Waals surface area contributed by atoms with Gasteiger partial charge in [-0.1, -0.05) is 57.9 Å². The van der Waals surface area contributed by atoms with E-state index in [1.54, 1.807) is 6.08 Å². The Bertz CT molecular complexity index is 308. The van der Waals surface area contributed by atoms with E-state index in [-0.39, 0.29) is 11.8 Å². The SMILES string of the molecule is CCCCCCCC=CC(=O)CCCCCCCC(=O)OC. The Balaban J connectivity index is 3.33. The number of carbonyl (C=O) groups is 2. The highest BCUT2D eigenvalue weighted by Crippen LogP contribution is 2.09. The van der Waals surface area contributed by atoms with E-state index in [9.17, 15) is 9.59 Å². The summed E-state index contributed by atoms with van der Waals surface area (Å²) in [5, 5.41) is 0. The van der Waals surface area contributed by atoms with Crippen molar-refractivity contribution in [3.8, 4) is 0 Å². The first-order valence-corrected chi connectivity index (χ1v) is 8.97. The number of esters is 1. The van der Waals surface area contributed by atoms with Gasteiger partial charge < -0.3 is 4.74 Å². The minimum Gasteiger partial charge on any atom is -0.469 e. The highest BCUT2D eigenvalue weighted by atomic mass is 16.5. The molecule has 0 unspecified atom stereocenters. The van der Waals surface area contributed by atoms with Crippen molar-refractivity contribution in [2.75, 3.05) is 7.11 Å². The zero-order valence-electron chi connectivity index (χ0n) is 14.6. The number of hydrogen-bond acceptors (Lipinski definition) is 3. The lowest BCUT2D eigenvalue weighted by molar-refractivity contribution is -0.140. The maximum atomic E-state index is 11.6. The molecule has 0 heterocycles. The third kappa shape index (κ3) is 15.3. The summed E-state index contributed by atoms with van der Waals surface area (Å²) in [5.74, 6) is 0.123. The first-order chi connectivity index (χ1) is 10.7. The molecule has 0 aromatic heterocycles. The number of allylic oxidation sites excluding steroid dienone is 2. The maximum absolute atomic E-state index is 11.6. The Morgan fingerprint density at radius 2 is 1.41 bits per heavy atom. The molecule has 0 atom stereocenters. The lowest BCUT2D eigenvalue weighted by Gasteiger charge is -2.00. The summed E-state index contributed by atoms with van der Waals surface area (Å²) in [7, 11) is 1.42. The van der Waals surface area contributed by atoms with Gasteiger partial charge in [0.15, 0.2) is 5.78 Å². The molecule has 0 N–H and O–H groups in total. The molecular formula is C19H34O3. The van der Waals surface area contributed by atoms with Crippen LogP contribution in [0.15, 0.2) is 12.2 Å². The molecule has 0 fully saturated rings. The first-order valence-electron chi connectivity index (χ1n) is 8.97. The van der Waals surface area contributed by atoms with Crippen molar-refractivity contribution in [1.29, 1.82) is 0 Å². The van der Waals surface area contributed by atoms with Gasteiger partial charge in [-0.15, -0.1) is 0 Å². The zero-order valence-corrected chi connectivity index (χ0v) is 14.6. The van der Waals surface area contributed by atoms with Crippen LogP contribution in [-0.4, -0.2) is 18.9 Å². The maximum Gasteiger partial charge on any atom is 0.305 e. The molecule has 0 bridgehead atoms. The van der Waals surface area contributed by atoms with Gasteiger partial charge in [-0.3, -0.25) is 9.59 Å². The van der Waals surface area contributed by atoms with Gasteiger partial charge in [0, 0.05) is 12.8 Å². The van der Waals surface area contributed by atoms with Crippen LogP contribution < -0.4 is 0 Å². The van der Waals surface area contributed by atoms with Gasteiger partial charge in [-0.25, -0.2) is 0 Å². The molecule has 0 aliphatic rings. The summed E-state index contributed by atoms with van der Waals surface area (Å²) in [6.45, 7) is 2.22. The Hall–Kier alpha value is -1.12. The third-order valence-electron chi connectivity index (χ3n) is 3.81. The molecule has 0 rings (SSSR count). The third-order valence-corrected chi connectivity index (χ3v) is 3.81. The first kappa shape index (κ1) is 20.9. The Kier molecular flexibility index (Phi) is 15.4. The van der Waals surface area contributed by atoms with Crippen molar-refractivity contribution in [1.82, 2.24) is 0 Å². The van der Waals surface area contributed by atoms with Gasteiger partial charge in [-0.2, -0.15) is 0 Å². The summed E-state index contributed by atoms with van der Waals surface area (Å²) in [6.07, 6.45) is 17.4. The summed E-state index contributed by atoms with van der Waals surface area (Å²) in [6, 6.07) is 0. The van der Waals surface area contributed by atoms with E-state index in [1.807, 2.05) is 6.08 Å². The minimum absolute atomic E-state index is 0.130. The van der Waals surface area contributed by atoms with Crippen LogP contribution in [0.1, 0.15) is 90.4 Å². The zero-order chi connectivity index (χ0) is 16.5. The van der Waals surface area contributed by atoms with E-state index in [1.165, 1.54) is 39.2 Å². The van der Waals surface area contributed by atoms with Crippen LogP contribution in [0.25, 0.3) is 0 Å². The van der Waals surface area contributed by atoms with E-state index in [0.717, 1.165) is 38.5 Å². The topological polar surface area (TPSA) is 43.4 Å². The van der Waals surface area contributed by atoms with Crippen molar-refractivity contribution in [2.45, 2.75) is 90.4 Å². The molecule has 3 heteroatoms. The van der Waals surface area contributed by atoms with Crippen LogP contribution in [-0.2, 0) is 14.3 Å². The molecular weight excluding hydrogens is 276 g/mol. The highest BCUT2D eigenvalue weighted by Gasteiger charge is 2.00. The van der Waals surface area contributed by atoms with Crippen molar-refractivity contribution >= 4 is 11.8 Å². The molecule has 3 nitrogen and oxygen atoms in total. The van der Waals surface area contributed by atoms with E-state index in [2.05, 4.69) is 11.7 Å². The second-order valence-electron chi connectivity index (χ2n) is 5.92. The predicted molar refractivity (Wildman–Crippen MR) is 91.9 cm³/mol. The van der Waals surface area contributed by atoms with Gasteiger partial charge >= 0.3 is 5.97 Å². The van der Waals surface area contributed by atoms with E-state index in [4.69, 9.17) is 0 Å². The largest absolute Gasteiger partial charge is 0.469 e. The summed E-state index contributed by atoms with van der Waals surface area (Å²) in [5.41, 5.74) is 0. The van der Waals surface area contributed by atoms with Gasteiger partial charge in [0.1, 0.15) is 0 Å². The van der Waals surface area contributed by atoms with Crippen molar-refractivity contribution in [2.24, 2.45) is 0 Å². The van der Waals surface area contributed by atoms with Crippen LogP contribution >= 0.6 is 0 Å². The van der Waals surface area contributed by atoms with Crippen LogP contribution in [0, 0.1) is 0 Å². The lowest BCUT2D eigenvalue weighted by Crippen LogP contribution is -1.99. The molecule has 0 aliphatic heterocycles. The number of carbonyl (C=O) groups excluding carboxylic acids is 2. The van der Waals surface area contributed by atoms with E-state index >= 15 is 0 Å². The minimum atomic E-state index is -0.130. The number of ketones is 1. The smallest absolute Gasteiger partial charge is 0.305 e. The fourth-order valence-electron chi connectivity index (χ4n) is 2.36. The number of ether oxygens (including phenoxy) is 1. The summed E-state index contributed by atoms with van der Waals surface area (Å²) >= 11 is 0. The molecule has 0 saturated heterocycles.